The maximum Gasteiger partial charge on any atom is 0.123 e. The highest BCUT2D eigenvalue weighted by Gasteiger charge is 2.18. The molecule has 0 bridgehead atoms. The molecule has 0 aliphatic rings. The second-order valence-corrected chi connectivity index (χ2v) is 7.42. The lowest BCUT2D eigenvalue weighted by atomic mass is 10.1. The van der Waals surface area contributed by atoms with Crippen LogP contribution < -0.4 is 5.32 Å². The number of nitrogens with one attached hydrogen (secondary N) is 1. The molecule has 0 fully saturated rings. The first-order chi connectivity index (χ1) is 10.1. The second kappa shape index (κ2) is 6.18. The van der Waals surface area contributed by atoms with E-state index in [0.717, 1.165) is 20.5 Å². The van der Waals surface area contributed by atoms with Gasteiger partial charge < -0.3 is 5.32 Å². The van der Waals surface area contributed by atoms with Crippen molar-refractivity contribution in [2.24, 2.45) is 0 Å². The SMILES string of the molecule is Cc1cc(F)ccc1NC(c1cccs1)c1ccc(Cl)s1. The summed E-state index contributed by atoms with van der Waals surface area (Å²) < 4.78 is 14.0. The molecule has 1 nitrogen and oxygen atoms in total. The largest absolute Gasteiger partial charge is 0.373 e. The van der Waals surface area contributed by atoms with Crippen molar-refractivity contribution in [3.63, 3.8) is 0 Å². The van der Waals surface area contributed by atoms with Gasteiger partial charge in [0.25, 0.3) is 0 Å². The first-order valence-electron chi connectivity index (χ1n) is 6.45. The molecule has 21 heavy (non-hydrogen) atoms. The van der Waals surface area contributed by atoms with Crippen LogP contribution in [0.5, 0.6) is 0 Å². The minimum atomic E-state index is -0.218. The maximum absolute atomic E-state index is 13.2. The standard InChI is InChI=1S/C16H13ClFNS2/c1-10-9-11(18)4-5-12(10)19-16(13-3-2-8-20-13)14-6-7-15(17)21-14/h2-9,16,19H,1H3. The van der Waals surface area contributed by atoms with Gasteiger partial charge in [-0.15, -0.1) is 22.7 Å². The van der Waals surface area contributed by atoms with Gasteiger partial charge in [-0.1, -0.05) is 17.7 Å². The van der Waals surface area contributed by atoms with Crippen LogP contribution in [0, 0.1) is 12.7 Å². The fraction of sp³-hybridized carbons (Fsp3) is 0.125. The first kappa shape index (κ1) is 14.6. The number of rotatable bonds is 4. The zero-order chi connectivity index (χ0) is 14.8. The number of halogens is 2. The second-order valence-electron chi connectivity index (χ2n) is 4.69. The third kappa shape index (κ3) is 3.28. The molecule has 108 valence electrons. The van der Waals surface area contributed by atoms with E-state index in [0.29, 0.717) is 0 Å². The molecule has 2 aromatic heterocycles. The fourth-order valence-electron chi connectivity index (χ4n) is 2.17. The zero-order valence-corrected chi connectivity index (χ0v) is 13.7. The molecule has 1 unspecified atom stereocenters. The van der Waals surface area contributed by atoms with Crippen LogP contribution in [0.1, 0.15) is 21.4 Å². The summed E-state index contributed by atoms with van der Waals surface area (Å²) in [5.74, 6) is -0.218. The minimum Gasteiger partial charge on any atom is -0.373 e. The predicted octanol–water partition coefficient (Wildman–Crippen LogP) is 6.11. The van der Waals surface area contributed by atoms with Crippen LogP contribution in [0.15, 0.2) is 47.8 Å². The van der Waals surface area contributed by atoms with Gasteiger partial charge in [0.15, 0.2) is 0 Å². The van der Waals surface area contributed by atoms with E-state index in [1.54, 1.807) is 28.7 Å². The topological polar surface area (TPSA) is 12.0 Å². The van der Waals surface area contributed by atoms with Gasteiger partial charge in [0.1, 0.15) is 5.82 Å². The van der Waals surface area contributed by atoms with E-state index in [-0.39, 0.29) is 11.9 Å². The third-order valence-corrected chi connectivity index (χ3v) is 5.43. The van der Waals surface area contributed by atoms with Gasteiger partial charge in [-0.05, 0) is 54.3 Å². The van der Waals surface area contributed by atoms with Crippen molar-refractivity contribution in [3.05, 3.63) is 73.3 Å². The van der Waals surface area contributed by atoms with E-state index in [2.05, 4.69) is 16.8 Å². The molecule has 0 spiro atoms. The highest BCUT2D eigenvalue weighted by Crippen LogP contribution is 2.36. The Bertz CT molecular complexity index is 737. The molecule has 5 heteroatoms. The Balaban J connectivity index is 1.96. The molecule has 3 aromatic rings. The Labute approximate surface area is 136 Å². The predicted molar refractivity (Wildman–Crippen MR) is 90.3 cm³/mol. The van der Waals surface area contributed by atoms with E-state index in [9.17, 15) is 4.39 Å². The van der Waals surface area contributed by atoms with Crippen LogP contribution in [0.4, 0.5) is 10.1 Å². The molecule has 3 rings (SSSR count). The lowest BCUT2D eigenvalue weighted by molar-refractivity contribution is 0.626. The number of hydrogen-bond acceptors (Lipinski definition) is 3. The van der Waals surface area contributed by atoms with Gasteiger partial charge in [-0.3, -0.25) is 0 Å². The van der Waals surface area contributed by atoms with E-state index >= 15 is 0 Å². The van der Waals surface area contributed by atoms with E-state index in [1.807, 2.05) is 25.1 Å². The molecular formula is C16H13ClFNS2. The van der Waals surface area contributed by atoms with Crippen molar-refractivity contribution in [2.75, 3.05) is 5.32 Å². The van der Waals surface area contributed by atoms with Crippen LogP contribution in [0.2, 0.25) is 4.34 Å². The molecule has 2 heterocycles. The first-order valence-corrected chi connectivity index (χ1v) is 8.52. The third-order valence-electron chi connectivity index (χ3n) is 3.19. The van der Waals surface area contributed by atoms with Crippen molar-refractivity contribution >= 4 is 40.0 Å². The molecule has 1 aromatic carbocycles. The highest BCUT2D eigenvalue weighted by molar-refractivity contribution is 7.16. The minimum absolute atomic E-state index is 0.0339. The monoisotopic (exact) mass is 337 g/mol. The van der Waals surface area contributed by atoms with Crippen LogP contribution in [0.25, 0.3) is 0 Å². The Morgan fingerprint density at radius 1 is 1.14 bits per heavy atom. The number of anilines is 1. The van der Waals surface area contributed by atoms with E-state index < -0.39 is 0 Å². The molecule has 0 saturated heterocycles. The number of thiophene rings is 2. The Hall–Kier alpha value is -1.36. The normalized spacial score (nSPS) is 12.3. The van der Waals surface area contributed by atoms with Crippen molar-refractivity contribution in [2.45, 2.75) is 13.0 Å². The number of benzene rings is 1. The van der Waals surface area contributed by atoms with Gasteiger partial charge in [-0.2, -0.15) is 0 Å². The van der Waals surface area contributed by atoms with Crippen molar-refractivity contribution in [1.82, 2.24) is 0 Å². The molecule has 1 N–H and O–H groups in total. The van der Waals surface area contributed by atoms with Crippen LogP contribution in [0.3, 0.4) is 0 Å². The summed E-state index contributed by atoms with van der Waals surface area (Å²) in [4.78, 5) is 2.35. The van der Waals surface area contributed by atoms with Crippen LogP contribution in [-0.2, 0) is 0 Å². The average Bonchev–Trinajstić information content (AvgIpc) is 3.09. The summed E-state index contributed by atoms with van der Waals surface area (Å²) in [6.07, 6.45) is 0. The maximum atomic E-state index is 13.2. The molecule has 1 atom stereocenters. The number of hydrogen-bond donors (Lipinski definition) is 1. The van der Waals surface area contributed by atoms with Crippen LogP contribution in [-0.4, -0.2) is 0 Å². The van der Waals surface area contributed by atoms with Crippen LogP contribution >= 0.6 is 34.3 Å². The Morgan fingerprint density at radius 3 is 2.62 bits per heavy atom. The summed E-state index contributed by atoms with van der Waals surface area (Å²) in [7, 11) is 0. The van der Waals surface area contributed by atoms with Gasteiger partial charge >= 0.3 is 0 Å². The summed E-state index contributed by atoms with van der Waals surface area (Å²) in [6, 6.07) is 12.9. The van der Waals surface area contributed by atoms with E-state index in [1.165, 1.54) is 17.0 Å². The molecule has 0 amide bonds. The summed E-state index contributed by atoms with van der Waals surface area (Å²) in [5.41, 5.74) is 1.82. The van der Waals surface area contributed by atoms with E-state index in [4.69, 9.17) is 11.6 Å². The smallest absolute Gasteiger partial charge is 0.123 e. The fourth-order valence-corrected chi connectivity index (χ4v) is 4.17. The molecule has 0 aliphatic heterocycles. The van der Waals surface area contributed by atoms with Gasteiger partial charge in [0.05, 0.1) is 10.4 Å². The van der Waals surface area contributed by atoms with Crippen molar-refractivity contribution in [3.8, 4) is 0 Å². The summed E-state index contributed by atoms with van der Waals surface area (Å²) in [5, 5.41) is 5.55. The Kier molecular flexibility index (Phi) is 4.29. The molecule has 0 saturated carbocycles. The van der Waals surface area contributed by atoms with Crippen molar-refractivity contribution in [1.29, 1.82) is 0 Å². The lowest BCUT2D eigenvalue weighted by Gasteiger charge is -2.19. The highest BCUT2D eigenvalue weighted by atomic mass is 35.5. The average molecular weight is 338 g/mol. The Morgan fingerprint density at radius 2 is 2.00 bits per heavy atom. The lowest BCUT2D eigenvalue weighted by Crippen LogP contribution is -2.10. The van der Waals surface area contributed by atoms with Gasteiger partial charge in [0.2, 0.25) is 0 Å². The summed E-state index contributed by atoms with van der Waals surface area (Å²) in [6.45, 7) is 1.90. The van der Waals surface area contributed by atoms with Gasteiger partial charge in [-0.25, -0.2) is 4.39 Å². The number of aryl methyl sites for hydroxylation is 1. The summed E-state index contributed by atoms with van der Waals surface area (Å²) >= 11 is 9.31. The molecular weight excluding hydrogens is 325 g/mol. The quantitative estimate of drug-likeness (QED) is 0.605. The van der Waals surface area contributed by atoms with Crippen molar-refractivity contribution < 1.29 is 4.39 Å². The molecule has 0 aliphatic carbocycles. The molecule has 0 radical (unpaired) electrons. The van der Waals surface area contributed by atoms with Gasteiger partial charge in [0, 0.05) is 15.4 Å². The zero-order valence-electron chi connectivity index (χ0n) is 11.3.